The molecule has 0 unspecified atom stereocenters. The van der Waals surface area contributed by atoms with E-state index in [9.17, 15) is 9.59 Å². The average Bonchev–Trinajstić information content (AvgIpc) is 3.26. The number of likely N-dealkylation sites (tertiary alicyclic amines) is 1. The highest BCUT2D eigenvalue weighted by atomic mass is 16.6. The van der Waals surface area contributed by atoms with Crippen molar-refractivity contribution < 1.29 is 19.1 Å². The summed E-state index contributed by atoms with van der Waals surface area (Å²) in [5, 5.41) is 1.10. The van der Waals surface area contributed by atoms with Crippen LogP contribution in [0.2, 0.25) is 0 Å². The average molecular weight is 587 g/mol. The van der Waals surface area contributed by atoms with Gasteiger partial charge in [0.1, 0.15) is 17.0 Å². The van der Waals surface area contributed by atoms with Crippen LogP contribution in [0, 0.1) is 5.92 Å². The van der Waals surface area contributed by atoms with E-state index in [1.54, 1.807) is 4.90 Å². The highest BCUT2D eigenvalue weighted by Gasteiger charge is 2.49. The van der Waals surface area contributed by atoms with Gasteiger partial charge in [-0.25, -0.2) is 19.6 Å². The Balaban J connectivity index is 1.17. The van der Waals surface area contributed by atoms with Crippen LogP contribution in [0.25, 0.3) is 22.2 Å². The number of para-hydroxylation sites is 1. The summed E-state index contributed by atoms with van der Waals surface area (Å²) >= 11 is 0. The van der Waals surface area contributed by atoms with Crippen molar-refractivity contribution in [3.8, 4) is 11.3 Å². The number of carbonyl (C=O) groups excluding carboxylic acids is 2. The first-order valence-electron chi connectivity index (χ1n) is 15.2. The number of fused-ring (bicyclic) bond motifs is 2. The van der Waals surface area contributed by atoms with Crippen LogP contribution in [0.4, 0.5) is 21.1 Å². The summed E-state index contributed by atoms with van der Waals surface area (Å²) in [5.41, 5.74) is 2.86. The maximum atomic E-state index is 12.8. The van der Waals surface area contributed by atoms with Gasteiger partial charge in [-0.15, -0.1) is 0 Å². The Bertz CT molecular complexity index is 1500. The summed E-state index contributed by atoms with van der Waals surface area (Å²) < 4.78 is 11.2. The number of benzene rings is 1. The summed E-state index contributed by atoms with van der Waals surface area (Å²) in [6.07, 6.45) is 1.39. The normalized spacial score (nSPS) is 20.6. The van der Waals surface area contributed by atoms with E-state index in [2.05, 4.69) is 28.0 Å². The van der Waals surface area contributed by atoms with Crippen LogP contribution in [-0.2, 0) is 9.47 Å². The minimum absolute atomic E-state index is 0.155. The van der Waals surface area contributed by atoms with Crippen LogP contribution < -0.4 is 9.80 Å². The fourth-order valence-corrected chi connectivity index (χ4v) is 6.10. The van der Waals surface area contributed by atoms with Crippen molar-refractivity contribution in [1.82, 2.24) is 19.8 Å². The molecule has 3 aromatic rings. The third-order valence-corrected chi connectivity index (χ3v) is 8.20. The van der Waals surface area contributed by atoms with Crippen molar-refractivity contribution in [3.05, 3.63) is 48.7 Å². The molecule has 10 nitrogen and oxygen atoms in total. The number of carbonyl (C=O) groups is 2. The standard InChI is InChI=1S/C33H42N6O4/c1-32(2,3)42-30(40)37-15-13-36(14-16-37)29-12-11-22(18-34-29)26-17-27(24-9-7-8-10-25(24)35-26)38-19-23-20-39(28(23)21-38)31(41)43-33(4,5)6/h7-12,17-18,23,28H,13-16,19-21H2,1-6H3/t23-,28-/m0/s1. The molecule has 2 atom stereocenters. The van der Waals surface area contributed by atoms with Crippen molar-refractivity contribution >= 4 is 34.6 Å². The van der Waals surface area contributed by atoms with Gasteiger partial charge in [0.25, 0.3) is 0 Å². The minimum Gasteiger partial charge on any atom is -0.444 e. The molecule has 3 saturated heterocycles. The highest BCUT2D eigenvalue weighted by molar-refractivity contribution is 5.94. The minimum atomic E-state index is -0.505. The molecular formula is C33H42N6O4. The Morgan fingerprint density at radius 3 is 2.19 bits per heavy atom. The molecule has 2 aromatic heterocycles. The molecule has 6 rings (SSSR count). The molecule has 228 valence electrons. The summed E-state index contributed by atoms with van der Waals surface area (Å²) in [4.78, 5) is 43.2. The molecule has 0 radical (unpaired) electrons. The number of nitrogens with zero attached hydrogens (tertiary/aromatic N) is 6. The number of ether oxygens (including phenoxy) is 2. The molecule has 0 bridgehead atoms. The molecule has 3 aliphatic heterocycles. The highest BCUT2D eigenvalue weighted by Crippen LogP contribution is 2.39. The second-order valence-corrected chi connectivity index (χ2v) is 13.8. The van der Waals surface area contributed by atoms with Gasteiger partial charge >= 0.3 is 12.2 Å². The number of aromatic nitrogens is 2. The van der Waals surface area contributed by atoms with Gasteiger partial charge < -0.3 is 29.1 Å². The lowest BCUT2D eigenvalue weighted by molar-refractivity contribution is -0.0163. The number of piperazine rings is 1. The topological polar surface area (TPSA) is 91.3 Å². The van der Waals surface area contributed by atoms with Crippen LogP contribution >= 0.6 is 0 Å². The van der Waals surface area contributed by atoms with Gasteiger partial charge in [0.15, 0.2) is 0 Å². The van der Waals surface area contributed by atoms with Crippen LogP contribution in [-0.4, -0.2) is 95.0 Å². The van der Waals surface area contributed by atoms with Crippen LogP contribution in [0.1, 0.15) is 41.5 Å². The Morgan fingerprint density at radius 1 is 0.814 bits per heavy atom. The van der Waals surface area contributed by atoms with E-state index in [4.69, 9.17) is 19.4 Å². The van der Waals surface area contributed by atoms with Crippen molar-refractivity contribution in [3.63, 3.8) is 0 Å². The molecule has 1 aromatic carbocycles. The smallest absolute Gasteiger partial charge is 0.410 e. The Labute approximate surface area is 253 Å². The van der Waals surface area contributed by atoms with Crippen molar-refractivity contribution in [2.24, 2.45) is 5.92 Å². The van der Waals surface area contributed by atoms with Crippen LogP contribution in [0.3, 0.4) is 0 Å². The monoisotopic (exact) mass is 586 g/mol. The van der Waals surface area contributed by atoms with E-state index in [-0.39, 0.29) is 18.2 Å². The predicted octanol–water partition coefficient (Wildman–Crippen LogP) is 5.41. The van der Waals surface area contributed by atoms with E-state index >= 15 is 0 Å². The lowest BCUT2D eigenvalue weighted by atomic mass is 9.93. The zero-order chi connectivity index (χ0) is 30.5. The molecule has 0 saturated carbocycles. The molecule has 10 heteroatoms. The number of anilines is 2. The summed E-state index contributed by atoms with van der Waals surface area (Å²) in [6.45, 7) is 16.3. The predicted molar refractivity (Wildman–Crippen MR) is 167 cm³/mol. The second-order valence-electron chi connectivity index (χ2n) is 13.8. The molecule has 3 fully saturated rings. The van der Waals surface area contributed by atoms with E-state index in [0.717, 1.165) is 53.3 Å². The molecule has 0 N–H and O–H groups in total. The lowest BCUT2D eigenvalue weighted by Gasteiger charge is -2.43. The van der Waals surface area contributed by atoms with Gasteiger partial charge in [0.2, 0.25) is 0 Å². The zero-order valence-electron chi connectivity index (χ0n) is 26.0. The van der Waals surface area contributed by atoms with E-state index in [1.807, 2.05) is 76.9 Å². The van der Waals surface area contributed by atoms with Crippen LogP contribution in [0.15, 0.2) is 48.7 Å². The van der Waals surface area contributed by atoms with Crippen LogP contribution in [0.5, 0.6) is 0 Å². The Kier molecular flexibility index (Phi) is 7.34. The van der Waals surface area contributed by atoms with Gasteiger partial charge in [-0.05, 0) is 65.8 Å². The Morgan fingerprint density at radius 2 is 1.51 bits per heavy atom. The van der Waals surface area contributed by atoms with Gasteiger partial charge in [-0.2, -0.15) is 0 Å². The fraction of sp³-hybridized carbons (Fsp3) is 0.515. The first-order valence-corrected chi connectivity index (χ1v) is 15.2. The maximum Gasteiger partial charge on any atom is 0.410 e. The largest absolute Gasteiger partial charge is 0.444 e. The quantitative estimate of drug-likeness (QED) is 0.403. The lowest BCUT2D eigenvalue weighted by Crippen LogP contribution is -2.59. The summed E-state index contributed by atoms with van der Waals surface area (Å²) in [5.74, 6) is 1.31. The van der Waals surface area contributed by atoms with Crippen molar-refractivity contribution in [2.75, 3.05) is 55.6 Å². The van der Waals surface area contributed by atoms with E-state index in [0.29, 0.717) is 32.1 Å². The van der Waals surface area contributed by atoms with Gasteiger partial charge in [-0.1, -0.05) is 18.2 Å². The van der Waals surface area contributed by atoms with Gasteiger partial charge in [0, 0.05) is 74.6 Å². The van der Waals surface area contributed by atoms with Gasteiger partial charge in [0.05, 0.1) is 17.3 Å². The fourth-order valence-electron chi connectivity index (χ4n) is 6.10. The third-order valence-electron chi connectivity index (χ3n) is 8.20. The molecule has 43 heavy (non-hydrogen) atoms. The van der Waals surface area contributed by atoms with Crippen molar-refractivity contribution in [1.29, 1.82) is 0 Å². The number of hydrogen-bond donors (Lipinski definition) is 0. The third kappa shape index (κ3) is 6.19. The second kappa shape index (κ2) is 10.9. The first kappa shape index (κ1) is 29.0. The van der Waals surface area contributed by atoms with Crippen molar-refractivity contribution in [2.45, 2.75) is 58.8 Å². The molecule has 2 amide bonds. The zero-order valence-corrected chi connectivity index (χ0v) is 26.0. The molecular weight excluding hydrogens is 544 g/mol. The number of rotatable bonds is 3. The number of amides is 2. The first-order chi connectivity index (χ1) is 20.3. The SMILES string of the molecule is CC(C)(C)OC(=O)N1CCN(c2ccc(-c3cc(N4C[C@H]5CN(C(=O)OC(C)(C)C)[C@H]5C4)c4ccccc4n3)cn2)CC1. The number of hydrogen-bond acceptors (Lipinski definition) is 8. The summed E-state index contributed by atoms with van der Waals surface area (Å²) in [7, 11) is 0. The van der Waals surface area contributed by atoms with Gasteiger partial charge in [-0.3, -0.25) is 0 Å². The van der Waals surface area contributed by atoms with E-state index in [1.165, 1.54) is 0 Å². The summed E-state index contributed by atoms with van der Waals surface area (Å²) in [6, 6.07) is 14.6. The molecule has 0 aliphatic carbocycles. The number of pyridine rings is 2. The van der Waals surface area contributed by atoms with E-state index < -0.39 is 11.2 Å². The molecule has 5 heterocycles. The Hall–Kier alpha value is -4.08. The molecule has 3 aliphatic rings. The molecule has 0 spiro atoms. The maximum absolute atomic E-state index is 12.8.